The molecule has 0 aliphatic carbocycles. The van der Waals surface area contributed by atoms with Gasteiger partial charge in [-0.25, -0.2) is 0 Å². The molecule has 0 aromatic heterocycles. The van der Waals surface area contributed by atoms with Crippen LogP contribution in [0, 0.1) is 5.92 Å². The summed E-state index contributed by atoms with van der Waals surface area (Å²) >= 11 is 0. The minimum Gasteiger partial charge on any atom is -0.394 e. The highest BCUT2D eigenvalue weighted by molar-refractivity contribution is 5.94. The number of amides is 4. The molecule has 12 heteroatoms. The second kappa shape index (κ2) is 15.0. The zero-order valence-electron chi connectivity index (χ0n) is 18.7. The smallest absolute Gasteiger partial charge is 0.245 e. The minimum absolute atomic E-state index is 0.0595. The van der Waals surface area contributed by atoms with Crippen molar-refractivity contribution in [3.63, 3.8) is 0 Å². The fraction of sp³-hybridized carbons (Fsp3) is 0.737. The summed E-state index contributed by atoms with van der Waals surface area (Å²) in [5.41, 5.74) is 10.6. The number of carbonyl (C=O) groups is 4. The van der Waals surface area contributed by atoms with Gasteiger partial charge in [0.15, 0.2) is 5.96 Å². The molecule has 12 nitrogen and oxygen atoms in total. The number of aliphatic hydroxyl groups is 1. The van der Waals surface area contributed by atoms with Crippen molar-refractivity contribution in [2.24, 2.45) is 22.4 Å². The molecule has 0 saturated carbocycles. The van der Waals surface area contributed by atoms with Crippen LogP contribution in [0.3, 0.4) is 0 Å². The summed E-state index contributed by atoms with van der Waals surface area (Å²) in [5.74, 6) is -2.41. The van der Waals surface area contributed by atoms with Gasteiger partial charge in [-0.1, -0.05) is 20.3 Å². The van der Waals surface area contributed by atoms with Crippen molar-refractivity contribution < 1.29 is 24.3 Å². The van der Waals surface area contributed by atoms with Crippen LogP contribution < -0.4 is 32.7 Å². The molecule has 0 heterocycles. The van der Waals surface area contributed by atoms with Crippen molar-refractivity contribution in [1.82, 2.24) is 21.3 Å². The number of hydrogen-bond donors (Lipinski definition) is 7. The predicted molar refractivity (Wildman–Crippen MR) is 117 cm³/mol. The summed E-state index contributed by atoms with van der Waals surface area (Å²) < 4.78 is 0. The van der Waals surface area contributed by atoms with E-state index in [0.717, 1.165) is 0 Å². The van der Waals surface area contributed by atoms with E-state index in [2.05, 4.69) is 26.3 Å². The molecular formula is C19H37N7O5. The minimum atomic E-state index is -1.18. The number of aliphatic hydroxyl groups excluding tert-OH is 1. The van der Waals surface area contributed by atoms with Crippen molar-refractivity contribution in [3.05, 3.63) is 0 Å². The Kier molecular flexibility index (Phi) is 13.6. The maximum Gasteiger partial charge on any atom is 0.245 e. The maximum atomic E-state index is 12.9. The van der Waals surface area contributed by atoms with Crippen LogP contribution in [0.5, 0.6) is 0 Å². The van der Waals surface area contributed by atoms with Gasteiger partial charge in [0.2, 0.25) is 23.6 Å². The lowest BCUT2D eigenvalue weighted by molar-refractivity contribution is -0.135. The maximum absolute atomic E-state index is 12.9. The largest absolute Gasteiger partial charge is 0.394 e. The molecule has 178 valence electrons. The molecule has 9 N–H and O–H groups in total. The highest BCUT2D eigenvalue weighted by Crippen LogP contribution is 2.10. The fourth-order valence-electron chi connectivity index (χ4n) is 2.73. The Hall–Kier alpha value is -2.89. The van der Waals surface area contributed by atoms with Gasteiger partial charge in [-0.3, -0.25) is 24.2 Å². The molecule has 0 saturated heterocycles. The van der Waals surface area contributed by atoms with Gasteiger partial charge in [-0.15, -0.1) is 0 Å². The van der Waals surface area contributed by atoms with E-state index in [1.807, 2.05) is 6.92 Å². The number of aliphatic imine (C=N–C) groups is 1. The van der Waals surface area contributed by atoms with E-state index in [4.69, 9.17) is 11.5 Å². The van der Waals surface area contributed by atoms with Crippen LogP contribution in [-0.4, -0.2) is 72.5 Å². The van der Waals surface area contributed by atoms with Crippen molar-refractivity contribution in [3.8, 4) is 0 Å². The van der Waals surface area contributed by atoms with Crippen molar-refractivity contribution in [2.45, 2.75) is 65.1 Å². The standard InChI is InChI=1S/C19H37N7O5/c1-5-11(3)15(26-17(30)14(10-27)24-12(4)28)18(31)25-13(16(29)22-6-2)8-7-9-23-19(20)21/h11,13-15,27H,5-10H2,1-4H3,(H,22,29)(H,24,28)(H,25,31)(H,26,30)(H4,20,21,23)/t11-,13-,14+,15-/m0/s1. The van der Waals surface area contributed by atoms with Gasteiger partial charge in [-0.05, 0) is 25.7 Å². The van der Waals surface area contributed by atoms with E-state index in [1.54, 1.807) is 13.8 Å². The molecule has 0 aliphatic heterocycles. The molecule has 4 atom stereocenters. The number of nitrogens with one attached hydrogen (secondary N) is 4. The molecule has 0 spiro atoms. The van der Waals surface area contributed by atoms with E-state index in [9.17, 15) is 24.3 Å². The Labute approximate surface area is 183 Å². The number of rotatable bonds is 14. The Morgan fingerprint density at radius 2 is 1.61 bits per heavy atom. The molecule has 0 radical (unpaired) electrons. The van der Waals surface area contributed by atoms with E-state index in [-0.39, 0.29) is 17.8 Å². The molecule has 0 bridgehead atoms. The van der Waals surface area contributed by atoms with Crippen molar-refractivity contribution >= 4 is 29.6 Å². The Balaban J connectivity index is 5.35. The van der Waals surface area contributed by atoms with Crippen LogP contribution in [0.25, 0.3) is 0 Å². The Morgan fingerprint density at radius 1 is 0.968 bits per heavy atom. The third-order valence-electron chi connectivity index (χ3n) is 4.60. The van der Waals surface area contributed by atoms with E-state index in [0.29, 0.717) is 32.4 Å². The predicted octanol–water partition coefficient (Wildman–Crippen LogP) is -2.31. The quantitative estimate of drug-likeness (QED) is 0.0887. The molecule has 0 fully saturated rings. The Morgan fingerprint density at radius 3 is 2.10 bits per heavy atom. The lowest BCUT2D eigenvalue weighted by Gasteiger charge is -2.27. The van der Waals surface area contributed by atoms with Crippen molar-refractivity contribution in [1.29, 1.82) is 0 Å². The third kappa shape index (κ3) is 11.2. The molecule has 0 aromatic carbocycles. The van der Waals surface area contributed by atoms with Crippen LogP contribution in [0.15, 0.2) is 4.99 Å². The van der Waals surface area contributed by atoms with Crippen LogP contribution in [0.4, 0.5) is 0 Å². The molecule has 31 heavy (non-hydrogen) atoms. The number of nitrogens with two attached hydrogens (primary N) is 2. The summed E-state index contributed by atoms with van der Waals surface area (Å²) in [6.45, 7) is 6.67. The molecular weight excluding hydrogens is 406 g/mol. The summed E-state index contributed by atoms with van der Waals surface area (Å²) in [4.78, 5) is 52.9. The van der Waals surface area contributed by atoms with Crippen LogP contribution in [0.1, 0.15) is 47.0 Å². The van der Waals surface area contributed by atoms with Crippen LogP contribution >= 0.6 is 0 Å². The molecule has 0 unspecified atom stereocenters. The molecule has 0 aromatic rings. The van der Waals surface area contributed by atoms with E-state index < -0.39 is 42.5 Å². The fourth-order valence-corrected chi connectivity index (χ4v) is 2.73. The highest BCUT2D eigenvalue weighted by Gasteiger charge is 2.31. The first-order valence-corrected chi connectivity index (χ1v) is 10.4. The Bertz CT molecular complexity index is 637. The summed E-state index contributed by atoms with van der Waals surface area (Å²) in [6.07, 6.45) is 1.31. The summed E-state index contributed by atoms with van der Waals surface area (Å²) in [6, 6.07) is -2.99. The monoisotopic (exact) mass is 443 g/mol. The van der Waals surface area contributed by atoms with Gasteiger partial charge in [0.05, 0.1) is 6.61 Å². The SMILES string of the molecule is CCNC(=O)[C@H](CCCN=C(N)N)NC(=O)[C@@H](NC(=O)[C@@H](CO)NC(C)=O)[C@@H](C)CC. The first-order valence-electron chi connectivity index (χ1n) is 10.4. The van der Waals surface area contributed by atoms with E-state index in [1.165, 1.54) is 6.92 Å². The third-order valence-corrected chi connectivity index (χ3v) is 4.60. The highest BCUT2D eigenvalue weighted by atomic mass is 16.3. The van der Waals surface area contributed by atoms with Gasteiger partial charge in [0.25, 0.3) is 0 Å². The number of carbonyl (C=O) groups excluding carboxylic acids is 4. The molecule has 4 amide bonds. The topological polar surface area (TPSA) is 201 Å². The second-order valence-corrected chi connectivity index (χ2v) is 7.21. The second-order valence-electron chi connectivity index (χ2n) is 7.21. The number of hydrogen-bond acceptors (Lipinski definition) is 6. The lowest BCUT2D eigenvalue weighted by Crippen LogP contribution is -2.59. The van der Waals surface area contributed by atoms with Crippen LogP contribution in [-0.2, 0) is 19.2 Å². The zero-order valence-corrected chi connectivity index (χ0v) is 18.7. The van der Waals surface area contributed by atoms with Crippen LogP contribution in [0.2, 0.25) is 0 Å². The zero-order chi connectivity index (χ0) is 24.0. The molecule has 0 rings (SSSR count). The first-order chi connectivity index (χ1) is 14.6. The summed E-state index contributed by atoms with van der Waals surface area (Å²) in [5, 5.41) is 19.6. The number of nitrogens with zero attached hydrogens (tertiary/aromatic N) is 1. The average molecular weight is 444 g/mol. The van der Waals surface area contributed by atoms with Gasteiger partial charge in [0, 0.05) is 20.0 Å². The molecule has 0 aliphatic rings. The number of likely N-dealkylation sites (N-methyl/N-ethyl adjacent to an activating group) is 1. The van der Waals surface area contributed by atoms with Gasteiger partial charge >= 0.3 is 0 Å². The first kappa shape index (κ1) is 28.1. The number of guanidine groups is 1. The van der Waals surface area contributed by atoms with Crippen molar-refractivity contribution in [2.75, 3.05) is 19.7 Å². The normalized spacial score (nSPS) is 14.4. The summed E-state index contributed by atoms with van der Waals surface area (Å²) in [7, 11) is 0. The van der Waals surface area contributed by atoms with Gasteiger partial charge in [0.1, 0.15) is 18.1 Å². The lowest BCUT2D eigenvalue weighted by atomic mass is 9.97. The van der Waals surface area contributed by atoms with E-state index >= 15 is 0 Å². The van der Waals surface area contributed by atoms with Gasteiger partial charge in [-0.2, -0.15) is 0 Å². The van der Waals surface area contributed by atoms with Gasteiger partial charge < -0.3 is 37.8 Å². The average Bonchev–Trinajstić information content (AvgIpc) is 2.71.